The lowest BCUT2D eigenvalue weighted by Gasteiger charge is -2.32. The molecule has 0 bridgehead atoms. The van der Waals surface area contributed by atoms with Gasteiger partial charge < -0.3 is 10.1 Å². The Labute approximate surface area is 170 Å². The largest absolute Gasteiger partial charge is 0.462 e. The van der Waals surface area contributed by atoms with Crippen LogP contribution >= 0.6 is 11.3 Å². The Bertz CT molecular complexity index is 829. The number of thiophene rings is 1. The molecule has 6 heteroatoms. The molecular formula is C22H28N2O3S. The third kappa shape index (κ3) is 4.80. The van der Waals surface area contributed by atoms with E-state index in [-0.39, 0.29) is 5.91 Å². The monoisotopic (exact) mass is 400 g/mol. The average Bonchev–Trinajstić information content (AvgIpc) is 3.08. The van der Waals surface area contributed by atoms with Crippen molar-refractivity contribution in [3.8, 4) is 11.1 Å². The van der Waals surface area contributed by atoms with Crippen LogP contribution in [0.4, 0.5) is 5.00 Å². The van der Waals surface area contributed by atoms with Crippen LogP contribution in [0.5, 0.6) is 0 Å². The maximum absolute atomic E-state index is 12.7. The van der Waals surface area contributed by atoms with Crippen LogP contribution in [0.15, 0.2) is 29.6 Å². The van der Waals surface area contributed by atoms with E-state index < -0.39 is 5.97 Å². The summed E-state index contributed by atoms with van der Waals surface area (Å²) in [6.45, 7) is 7.56. The van der Waals surface area contributed by atoms with Gasteiger partial charge >= 0.3 is 5.97 Å². The lowest BCUT2D eigenvalue weighted by molar-refractivity contribution is -0.118. The number of nitrogens with one attached hydrogen (secondary N) is 1. The molecule has 1 N–H and O–H groups in total. The molecule has 1 aliphatic rings. The summed E-state index contributed by atoms with van der Waals surface area (Å²) < 4.78 is 5.27. The standard InChI is InChI=1S/C22H28N2O3S/c1-4-27-22(26)20-18(17-10-8-15(2)9-11-17)14-28-21(20)23-19(25)13-24-12-6-5-7-16(24)3/h8-11,14,16H,4-7,12-13H2,1-3H3,(H,23,25). The van der Waals surface area contributed by atoms with Crippen LogP contribution in [0.3, 0.4) is 0 Å². The first-order chi connectivity index (χ1) is 13.5. The molecule has 2 aromatic rings. The van der Waals surface area contributed by atoms with Gasteiger partial charge in [0.15, 0.2) is 0 Å². The molecule has 1 aromatic carbocycles. The number of piperidine rings is 1. The summed E-state index contributed by atoms with van der Waals surface area (Å²) in [6, 6.07) is 8.41. The van der Waals surface area contributed by atoms with Crippen molar-refractivity contribution in [1.82, 2.24) is 4.90 Å². The number of rotatable bonds is 6. The molecule has 0 aliphatic carbocycles. The van der Waals surface area contributed by atoms with Crippen LogP contribution in [0.2, 0.25) is 0 Å². The number of esters is 1. The van der Waals surface area contributed by atoms with Gasteiger partial charge in [-0.25, -0.2) is 4.79 Å². The molecule has 5 nitrogen and oxygen atoms in total. The first-order valence-corrected chi connectivity index (χ1v) is 10.8. The Morgan fingerprint density at radius 2 is 2.00 bits per heavy atom. The summed E-state index contributed by atoms with van der Waals surface area (Å²) >= 11 is 1.37. The van der Waals surface area contributed by atoms with Gasteiger partial charge in [-0.05, 0) is 45.7 Å². The average molecular weight is 401 g/mol. The van der Waals surface area contributed by atoms with E-state index in [0.29, 0.717) is 29.8 Å². The highest BCUT2D eigenvalue weighted by molar-refractivity contribution is 7.15. The topological polar surface area (TPSA) is 58.6 Å². The molecule has 1 unspecified atom stereocenters. The van der Waals surface area contributed by atoms with E-state index in [9.17, 15) is 9.59 Å². The minimum absolute atomic E-state index is 0.0865. The second-order valence-electron chi connectivity index (χ2n) is 7.30. The summed E-state index contributed by atoms with van der Waals surface area (Å²) in [4.78, 5) is 27.5. The van der Waals surface area contributed by atoms with Crippen LogP contribution in [0.25, 0.3) is 11.1 Å². The number of amides is 1. The zero-order valence-corrected chi connectivity index (χ0v) is 17.6. The molecule has 0 radical (unpaired) electrons. The molecule has 28 heavy (non-hydrogen) atoms. The van der Waals surface area contributed by atoms with E-state index in [4.69, 9.17) is 4.74 Å². The Hall–Kier alpha value is -2.18. The van der Waals surface area contributed by atoms with Gasteiger partial charge in [0.25, 0.3) is 0 Å². The molecule has 1 atom stereocenters. The van der Waals surface area contributed by atoms with Crippen LogP contribution in [-0.4, -0.2) is 42.5 Å². The predicted molar refractivity (Wildman–Crippen MR) is 114 cm³/mol. The minimum atomic E-state index is -0.402. The summed E-state index contributed by atoms with van der Waals surface area (Å²) in [7, 11) is 0. The summed E-state index contributed by atoms with van der Waals surface area (Å²) in [5, 5.41) is 5.43. The maximum atomic E-state index is 12.7. The minimum Gasteiger partial charge on any atom is -0.462 e. The fourth-order valence-electron chi connectivity index (χ4n) is 3.54. The number of carbonyl (C=O) groups excluding carboxylic acids is 2. The van der Waals surface area contributed by atoms with Crippen molar-refractivity contribution in [1.29, 1.82) is 0 Å². The van der Waals surface area contributed by atoms with Gasteiger partial charge in [0.2, 0.25) is 5.91 Å². The quantitative estimate of drug-likeness (QED) is 0.713. The van der Waals surface area contributed by atoms with Crippen molar-refractivity contribution in [2.45, 2.75) is 46.1 Å². The molecule has 1 amide bonds. The predicted octanol–water partition coefficient (Wildman–Crippen LogP) is 4.71. The number of nitrogens with zero attached hydrogens (tertiary/aromatic N) is 1. The Kier molecular flexibility index (Phi) is 6.86. The SMILES string of the molecule is CCOC(=O)c1c(-c2ccc(C)cc2)csc1NC(=O)CN1CCCCC1C. The molecule has 3 rings (SSSR count). The Balaban J connectivity index is 1.82. The highest BCUT2D eigenvalue weighted by atomic mass is 32.1. The van der Waals surface area contributed by atoms with E-state index >= 15 is 0 Å². The maximum Gasteiger partial charge on any atom is 0.341 e. The van der Waals surface area contributed by atoms with Gasteiger partial charge in [-0.15, -0.1) is 11.3 Å². The number of anilines is 1. The lowest BCUT2D eigenvalue weighted by Crippen LogP contribution is -2.42. The first kappa shape index (κ1) is 20.6. The van der Waals surface area contributed by atoms with Crippen molar-refractivity contribution < 1.29 is 14.3 Å². The van der Waals surface area contributed by atoms with Crippen molar-refractivity contribution in [3.05, 3.63) is 40.8 Å². The van der Waals surface area contributed by atoms with Crippen molar-refractivity contribution in [3.63, 3.8) is 0 Å². The lowest BCUT2D eigenvalue weighted by atomic mass is 10.0. The Morgan fingerprint density at radius 1 is 1.25 bits per heavy atom. The van der Waals surface area contributed by atoms with Crippen LogP contribution in [-0.2, 0) is 9.53 Å². The fraction of sp³-hybridized carbons (Fsp3) is 0.455. The zero-order valence-electron chi connectivity index (χ0n) is 16.8. The number of benzene rings is 1. The molecular weight excluding hydrogens is 372 g/mol. The number of carbonyl (C=O) groups is 2. The summed E-state index contributed by atoms with van der Waals surface area (Å²) in [5.74, 6) is -0.488. The van der Waals surface area contributed by atoms with Gasteiger partial charge in [0.1, 0.15) is 10.6 Å². The van der Waals surface area contributed by atoms with E-state index in [2.05, 4.69) is 17.1 Å². The number of likely N-dealkylation sites (tertiary alicyclic amines) is 1. The van der Waals surface area contributed by atoms with Gasteiger partial charge in [0.05, 0.1) is 13.2 Å². The molecule has 0 saturated carbocycles. The highest BCUT2D eigenvalue weighted by Crippen LogP contribution is 2.36. The van der Waals surface area contributed by atoms with Crippen LogP contribution < -0.4 is 5.32 Å². The van der Waals surface area contributed by atoms with Crippen molar-refractivity contribution in [2.24, 2.45) is 0 Å². The fourth-order valence-corrected chi connectivity index (χ4v) is 4.52. The highest BCUT2D eigenvalue weighted by Gasteiger charge is 2.25. The molecule has 150 valence electrons. The summed E-state index contributed by atoms with van der Waals surface area (Å²) in [5.41, 5.74) is 3.33. The molecule has 1 aliphatic heterocycles. The summed E-state index contributed by atoms with van der Waals surface area (Å²) in [6.07, 6.45) is 3.47. The number of ether oxygens (including phenoxy) is 1. The second-order valence-corrected chi connectivity index (χ2v) is 8.18. The number of hydrogen-bond donors (Lipinski definition) is 1. The van der Waals surface area contributed by atoms with E-state index in [0.717, 1.165) is 36.1 Å². The van der Waals surface area contributed by atoms with Crippen LogP contribution in [0.1, 0.15) is 49.0 Å². The van der Waals surface area contributed by atoms with Gasteiger partial charge in [0, 0.05) is 17.0 Å². The zero-order chi connectivity index (χ0) is 20.1. The molecule has 0 spiro atoms. The molecule has 1 aromatic heterocycles. The number of hydrogen-bond acceptors (Lipinski definition) is 5. The van der Waals surface area contributed by atoms with Crippen LogP contribution in [0, 0.1) is 6.92 Å². The van der Waals surface area contributed by atoms with Crippen molar-refractivity contribution >= 4 is 28.2 Å². The first-order valence-electron chi connectivity index (χ1n) is 9.89. The van der Waals surface area contributed by atoms with Gasteiger partial charge in [-0.3, -0.25) is 9.69 Å². The molecule has 1 saturated heterocycles. The van der Waals surface area contributed by atoms with E-state index in [1.165, 1.54) is 17.8 Å². The second kappa shape index (κ2) is 9.34. The third-order valence-electron chi connectivity index (χ3n) is 5.17. The van der Waals surface area contributed by atoms with Gasteiger partial charge in [-0.2, -0.15) is 0 Å². The van der Waals surface area contributed by atoms with Crippen molar-refractivity contribution in [2.75, 3.05) is 25.0 Å². The van der Waals surface area contributed by atoms with E-state index in [1.807, 2.05) is 36.6 Å². The van der Waals surface area contributed by atoms with E-state index in [1.54, 1.807) is 6.92 Å². The van der Waals surface area contributed by atoms with Gasteiger partial charge in [-0.1, -0.05) is 36.2 Å². The molecule has 1 fully saturated rings. The number of aryl methyl sites for hydroxylation is 1. The smallest absolute Gasteiger partial charge is 0.341 e. The Morgan fingerprint density at radius 3 is 2.68 bits per heavy atom. The third-order valence-corrected chi connectivity index (χ3v) is 6.07. The molecule has 2 heterocycles. The normalized spacial score (nSPS) is 17.3.